The van der Waals surface area contributed by atoms with Gasteiger partial charge in [-0.15, -0.1) is 0 Å². The molecular formula is C19H20ClN3O2. The van der Waals surface area contributed by atoms with Crippen molar-refractivity contribution in [3.63, 3.8) is 0 Å². The van der Waals surface area contributed by atoms with Crippen LogP contribution in [-0.4, -0.2) is 18.0 Å². The van der Waals surface area contributed by atoms with Gasteiger partial charge < -0.3 is 5.32 Å². The first-order valence-corrected chi connectivity index (χ1v) is 8.46. The Morgan fingerprint density at radius 2 is 1.84 bits per heavy atom. The maximum Gasteiger partial charge on any atom is 0.271 e. The zero-order valence-electron chi connectivity index (χ0n) is 14.0. The van der Waals surface area contributed by atoms with Gasteiger partial charge in [-0.05, 0) is 36.8 Å². The Morgan fingerprint density at radius 1 is 1.12 bits per heavy atom. The van der Waals surface area contributed by atoms with Gasteiger partial charge in [-0.2, -0.15) is 5.10 Å². The molecule has 0 saturated heterocycles. The van der Waals surface area contributed by atoms with E-state index in [0.717, 1.165) is 18.4 Å². The van der Waals surface area contributed by atoms with E-state index in [2.05, 4.69) is 15.8 Å². The fraction of sp³-hybridized carbons (Fsp3) is 0.211. The molecule has 0 bridgehead atoms. The lowest BCUT2D eigenvalue weighted by Crippen LogP contribution is -2.17. The number of carbonyl (C=O) groups excluding carboxylic acids is 2. The van der Waals surface area contributed by atoms with E-state index in [4.69, 9.17) is 11.6 Å². The molecule has 0 aliphatic heterocycles. The van der Waals surface area contributed by atoms with E-state index >= 15 is 0 Å². The lowest BCUT2D eigenvalue weighted by Gasteiger charge is -2.06. The van der Waals surface area contributed by atoms with Gasteiger partial charge in [-0.25, -0.2) is 5.43 Å². The van der Waals surface area contributed by atoms with Crippen LogP contribution in [0.25, 0.3) is 0 Å². The first kappa shape index (κ1) is 18.7. The molecule has 0 aliphatic rings. The normalized spacial score (nSPS) is 10.6. The van der Waals surface area contributed by atoms with Gasteiger partial charge in [-0.3, -0.25) is 9.59 Å². The zero-order valence-corrected chi connectivity index (χ0v) is 14.7. The number of unbranched alkanes of at least 4 members (excludes halogenated alkanes) is 1. The molecule has 2 aromatic rings. The summed E-state index contributed by atoms with van der Waals surface area (Å²) in [5.74, 6) is -0.365. The number of hydrogen-bond acceptors (Lipinski definition) is 3. The van der Waals surface area contributed by atoms with Crippen LogP contribution in [0.15, 0.2) is 53.6 Å². The molecule has 0 saturated carbocycles. The molecule has 25 heavy (non-hydrogen) atoms. The van der Waals surface area contributed by atoms with Crippen LogP contribution in [0.5, 0.6) is 0 Å². The lowest BCUT2D eigenvalue weighted by molar-refractivity contribution is -0.116. The van der Waals surface area contributed by atoms with Crippen LogP contribution in [0.2, 0.25) is 5.02 Å². The average molecular weight is 358 g/mol. The molecule has 0 heterocycles. The zero-order chi connectivity index (χ0) is 18.1. The molecule has 0 radical (unpaired) electrons. The monoisotopic (exact) mass is 357 g/mol. The highest BCUT2D eigenvalue weighted by Crippen LogP contribution is 2.13. The molecule has 2 amide bonds. The van der Waals surface area contributed by atoms with Crippen molar-refractivity contribution in [3.05, 3.63) is 64.7 Å². The fourth-order valence-corrected chi connectivity index (χ4v) is 2.26. The summed E-state index contributed by atoms with van der Waals surface area (Å²) in [7, 11) is 0. The maximum atomic E-state index is 12.0. The number of hydrazone groups is 1. The third-order valence-corrected chi connectivity index (χ3v) is 3.81. The van der Waals surface area contributed by atoms with E-state index in [-0.39, 0.29) is 11.8 Å². The third-order valence-electron chi connectivity index (χ3n) is 3.46. The van der Waals surface area contributed by atoms with Crippen molar-refractivity contribution in [1.82, 2.24) is 5.43 Å². The highest BCUT2D eigenvalue weighted by atomic mass is 35.5. The molecule has 2 aromatic carbocycles. The molecule has 0 atom stereocenters. The third kappa shape index (κ3) is 6.04. The summed E-state index contributed by atoms with van der Waals surface area (Å²) in [4.78, 5) is 23.7. The van der Waals surface area contributed by atoms with E-state index in [1.54, 1.807) is 36.4 Å². The van der Waals surface area contributed by atoms with E-state index in [9.17, 15) is 9.59 Å². The van der Waals surface area contributed by atoms with Crippen molar-refractivity contribution in [2.45, 2.75) is 26.2 Å². The van der Waals surface area contributed by atoms with Gasteiger partial charge in [0.1, 0.15) is 0 Å². The second-order valence-electron chi connectivity index (χ2n) is 5.45. The van der Waals surface area contributed by atoms with Crippen molar-refractivity contribution in [1.29, 1.82) is 0 Å². The van der Waals surface area contributed by atoms with Gasteiger partial charge in [0, 0.05) is 28.3 Å². The van der Waals surface area contributed by atoms with E-state index in [1.165, 1.54) is 6.21 Å². The highest BCUT2D eigenvalue weighted by Gasteiger charge is 2.06. The number of rotatable bonds is 7. The predicted octanol–water partition coefficient (Wildman–Crippen LogP) is 4.23. The molecule has 130 valence electrons. The van der Waals surface area contributed by atoms with Crippen LogP contribution in [0.1, 0.15) is 42.1 Å². The van der Waals surface area contributed by atoms with E-state index < -0.39 is 0 Å². The quantitative estimate of drug-likeness (QED) is 0.575. The largest absolute Gasteiger partial charge is 0.326 e. The van der Waals surface area contributed by atoms with Crippen LogP contribution in [0.3, 0.4) is 0 Å². The Hall–Kier alpha value is -2.66. The molecular weight excluding hydrogens is 338 g/mol. The van der Waals surface area contributed by atoms with E-state index in [0.29, 0.717) is 22.7 Å². The molecule has 0 fully saturated rings. The number of halogens is 1. The number of nitrogens with zero attached hydrogens (tertiary/aromatic N) is 1. The minimum atomic E-state index is -0.341. The van der Waals surface area contributed by atoms with Crippen molar-refractivity contribution in [2.24, 2.45) is 5.10 Å². The number of benzene rings is 2. The molecule has 0 spiro atoms. The second kappa shape index (κ2) is 9.59. The maximum absolute atomic E-state index is 12.0. The Balaban J connectivity index is 1.90. The number of hydrogen-bond donors (Lipinski definition) is 2. The topological polar surface area (TPSA) is 70.6 Å². The number of nitrogens with one attached hydrogen (secondary N) is 2. The summed E-state index contributed by atoms with van der Waals surface area (Å²) in [6.45, 7) is 2.04. The first-order chi connectivity index (χ1) is 12.1. The van der Waals surface area contributed by atoms with Gasteiger partial charge >= 0.3 is 0 Å². The molecule has 5 nitrogen and oxygen atoms in total. The molecule has 2 rings (SSSR count). The van der Waals surface area contributed by atoms with Crippen LogP contribution >= 0.6 is 11.6 Å². The summed E-state index contributed by atoms with van der Waals surface area (Å²) < 4.78 is 0. The summed E-state index contributed by atoms with van der Waals surface area (Å²) in [5.41, 5.74) is 4.28. The van der Waals surface area contributed by atoms with Crippen LogP contribution in [0.4, 0.5) is 5.69 Å². The Morgan fingerprint density at radius 3 is 2.52 bits per heavy atom. The van der Waals surface area contributed by atoms with Crippen molar-refractivity contribution in [2.75, 3.05) is 5.32 Å². The van der Waals surface area contributed by atoms with Gasteiger partial charge in [0.25, 0.3) is 5.91 Å². The van der Waals surface area contributed by atoms with Gasteiger partial charge in [0.15, 0.2) is 0 Å². The molecule has 0 unspecified atom stereocenters. The first-order valence-electron chi connectivity index (χ1n) is 8.08. The Labute approximate surface area is 152 Å². The summed E-state index contributed by atoms with van der Waals surface area (Å²) >= 11 is 6.01. The van der Waals surface area contributed by atoms with Crippen LogP contribution in [-0.2, 0) is 4.79 Å². The Bertz CT molecular complexity index is 758. The highest BCUT2D eigenvalue weighted by molar-refractivity contribution is 6.33. The molecule has 0 aromatic heterocycles. The molecule has 2 N–H and O–H groups in total. The van der Waals surface area contributed by atoms with Crippen LogP contribution in [0, 0.1) is 0 Å². The van der Waals surface area contributed by atoms with Crippen molar-refractivity contribution >= 4 is 35.3 Å². The van der Waals surface area contributed by atoms with Crippen molar-refractivity contribution < 1.29 is 9.59 Å². The summed E-state index contributed by atoms with van der Waals surface area (Å²) in [6, 6.07) is 13.9. The number of anilines is 1. The Kier molecular flexibility index (Phi) is 7.16. The average Bonchev–Trinajstić information content (AvgIpc) is 2.62. The van der Waals surface area contributed by atoms with Crippen LogP contribution < -0.4 is 10.7 Å². The minimum Gasteiger partial charge on any atom is -0.326 e. The smallest absolute Gasteiger partial charge is 0.271 e. The van der Waals surface area contributed by atoms with Gasteiger partial charge in [-0.1, -0.05) is 43.1 Å². The molecule has 0 aliphatic carbocycles. The van der Waals surface area contributed by atoms with Gasteiger partial charge in [0.2, 0.25) is 5.91 Å². The summed E-state index contributed by atoms with van der Waals surface area (Å²) in [6.07, 6.45) is 3.81. The summed E-state index contributed by atoms with van der Waals surface area (Å²) in [5, 5.41) is 7.26. The standard InChI is InChI=1S/C19H20ClN3O2/c1-2-3-8-18(24)22-16-11-9-14(10-12-16)19(25)23-21-13-15-6-4-5-7-17(15)20/h4-7,9-13H,2-3,8H2,1H3,(H,22,24)(H,23,25)/b21-13+. The second-order valence-corrected chi connectivity index (χ2v) is 5.86. The number of amides is 2. The fourth-order valence-electron chi connectivity index (χ4n) is 2.07. The van der Waals surface area contributed by atoms with E-state index in [1.807, 2.05) is 19.1 Å². The lowest BCUT2D eigenvalue weighted by atomic mass is 10.2. The van der Waals surface area contributed by atoms with Gasteiger partial charge in [0.05, 0.1) is 6.21 Å². The van der Waals surface area contributed by atoms with Crippen molar-refractivity contribution in [3.8, 4) is 0 Å². The predicted molar refractivity (Wildman–Crippen MR) is 101 cm³/mol. The SMILES string of the molecule is CCCCC(=O)Nc1ccc(C(=O)N/N=C/c2ccccc2Cl)cc1. The molecule has 6 heteroatoms. The minimum absolute atomic E-state index is 0.0246. The number of carbonyl (C=O) groups is 2.